The Labute approximate surface area is 137 Å². The number of nitrogens with one attached hydrogen (secondary N) is 1. The molecule has 0 saturated carbocycles. The molecule has 0 aliphatic carbocycles. The van der Waals surface area contributed by atoms with Gasteiger partial charge in [0.25, 0.3) is 5.91 Å². The number of ether oxygens (including phenoxy) is 2. The van der Waals surface area contributed by atoms with Crippen LogP contribution in [0.25, 0.3) is 0 Å². The van der Waals surface area contributed by atoms with E-state index < -0.39 is 0 Å². The fraction of sp³-hybridized carbons (Fsp3) is 0.611. The van der Waals surface area contributed by atoms with Gasteiger partial charge in [0, 0.05) is 25.3 Å². The van der Waals surface area contributed by atoms with Gasteiger partial charge in [0.1, 0.15) is 12.4 Å². The maximum atomic E-state index is 12.6. The number of hydrogen-bond acceptors (Lipinski definition) is 4. The zero-order valence-corrected chi connectivity index (χ0v) is 13.8. The first kappa shape index (κ1) is 16.3. The Kier molecular flexibility index (Phi) is 5.51. The van der Waals surface area contributed by atoms with Crippen molar-refractivity contribution in [1.82, 2.24) is 10.2 Å². The van der Waals surface area contributed by atoms with Crippen LogP contribution in [0.5, 0.6) is 5.75 Å². The van der Waals surface area contributed by atoms with Gasteiger partial charge in [-0.2, -0.15) is 0 Å². The predicted octanol–water partition coefficient (Wildman–Crippen LogP) is 2.07. The average molecular weight is 318 g/mol. The number of rotatable bonds is 5. The highest BCUT2D eigenvalue weighted by Gasteiger charge is 2.23. The standard InChI is InChI=1S/C18H26N2O3/c1-20(15-8-10-19-11-9-15)18(21)14-4-6-16(7-5-14)23-13-17-3-2-12-22-17/h4-7,15,17,19H,2-3,8-13H2,1H3. The third kappa shape index (κ3) is 4.24. The molecule has 3 rings (SSSR count). The SMILES string of the molecule is CN(C(=O)c1ccc(OCC2CCCO2)cc1)C1CCNCC1. The van der Waals surface area contributed by atoms with E-state index in [-0.39, 0.29) is 12.0 Å². The molecular formula is C18H26N2O3. The number of hydrogen-bond donors (Lipinski definition) is 1. The first-order valence-corrected chi connectivity index (χ1v) is 8.56. The molecule has 1 aromatic carbocycles. The Hall–Kier alpha value is -1.59. The maximum Gasteiger partial charge on any atom is 0.253 e. The third-order valence-electron chi connectivity index (χ3n) is 4.74. The van der Waals surface area contributed by atoms with Crippen molar-refractivity contribution in [2.75, 3.05) is 33.4 Å². The first-order chi connectivity index (χ1) is 11.2. The molecule has 5 heteroatoms. The maximum absolute atomic E-state index is 12.6. The normalized spacial score (nSPS) is 22.0. The van der Waals surface area contributed by atoms with Gasteiger partial charge in [-0.05, 0) is 63.0 Å². The van der Waals surface area contributed by atoms with Crippen LogP contribution in [0.3, 0.4) is 0 Å². The summed E-state index contributed by atoms with van der Waals surface area (Å²) in [6, 6.07) is 7.78. The van der Waals surface area contributed by atoms with Gasteiger partial charge in [-0.1, -0.05) is 0 Å². The fourth-order valence-electron chi connectivity index (χ4n) is 3.22. The summed E-state index contributed by atoms with van der Waals surface area (Å²) in [6.07, 6.45) is 4.43. The summed E-state index contributed by atoms with van der Waals surface area (Å²) in [5, 5.41) is 3.33. The Morgan fingerprint density at radius 1 is 1.26 bits per heavy atom. The smallest absolute Gasteiger partial charge is 0.253 e. The lowest BCUT2D eigenvalue weighted by atomic mass is 10.0. The molecule has 1 amide bonds. The van der Waals surface area contributed by atoms with Crippen molar-refractivity contribution in [3.8, 4) is 5.75 Å². The molecule has 1 unspecified atom stereocenters. The van der Waals surface area contributed by atoms with Crippen molar-refractivity contribution in [2.45, 2.75) is 37.8 Å². The molecule has 1 atom stereocenters. The van der Waals surface area contributed by atoms with Crippen LogP contribution in [0.15, 0.2) is 24.3 Å². The van der Waals surface area contributed by atoms with Crippen LogP contribution in [0.1, 0.15) is 36.0 Å². The van der Waals surface area contributed by atoms with E-state index in [0.717, 1.165) is 56.7 Å². The minimum absolute atomic E-state index is 0.0857. The van der Waals surface area contributed by atoms with Crippen molar-refractivity contribution in [3.05, 3.63) is 29.8 Å². The first-order valence-electron chi connectivity index (χ1n) is 8.56. The van der Waals surface area contributed by atoms with E-state index in [1.165, 1.54) is 0 Å². The van der Waals surface area contributed by atoms with Crippen molar-refractivity contribution in [3.63, 3.8) is 0 Å². The van der Waals surface area contributed by atoms with Crippen LogP contribution in [-0.4, -0.2) is 56.3 Å². The molecule has 0 aromatic heterocycles. The van der Waals surface area contributed by atoms with Crippen molar-refractivity contribution < 1.29 is 14.3 Å². The summed E-state index contributed by atoms with van der Waals surface area (Å²) in [5.41, 5.74) is 0.718. The van der Waals surface area contributed by atoms with Crippen LogP contribution < -0.4 is 10.1 Å². The quantitative estimate of drug-likeness (QED) is 0.903. The predicted molar refractivity (Wildman–Crippen MR) is 88.9 cm³/mol. The van der Waals surface area contributed by atoms with Gasteiger partial charge in [0.15, 0.2) is 0 Å². The van der Waals surface area contributed by atoms with Gasteiger partial charge in [0.05, 0.1) is 6.10 Å². The molecule has 126 valence electrons. The third-order valence-corrected chi connectivity index (χ3v) is 4.74. The number of nitrogens with zero attached hydrogens (tertiary/aromatic N) is 1. The second-order valence-corrected chi connectivity index (χ2v) is 6.37. The van der Waals surface area contributed by atoms with E-state index in [4.69, 9.17) is 9.47 Å². The lowest BCUT2D eigenvalue weighted by molar-refractivity contribution is 0.0676. The molecule has 1 N–H and O–H groups in total. The van der Waals surface area contributed by atoms with Gasteiger partial charge in [-0.25, -0.2) is 0 Å². The highest BCUT2D eigenvalue weighted by atomic mass is 16.5. The highest BCUT2D eigenvalue weighted by Crippen LogP contribution is 2.18. The van der Waals surface area contributed by atoms with Crippen LogP contribution in [0, 0.1) is 0 Å². The van der Waals surface area contributed by atoms with Crippen LogP contribution >= 0.6 is 0 Å². The molecule has 0 bridgehead atoms. The number of carbonyl (C=O) groups excluding carboxylic acids is 1. The van der Waals surface area contributed by atoms with E-state index in [1.54, 1.807) is 0 Å². The molecule has 2 aliphatic heterocycles. The van der Waals surface area contributed by atoms with Crippen molar-refractivity contribution in [1.29, 1.82) is 0 Å². The van der Waals surface area contributed by atoms with E-state index in [9.17, 15) is 4.79 Å². The number of carbonyl (C=O) groups is 1. The minimum atomic E-state index is 0.0857. The van der Waals surface area contributed by atoms with Crippen LogP contribution in [0.4, 0.5) is 0 Å². The summed E-state index contributed by atoms with van der Waals surface area (Å²) >= 11 is 0. The summed E-state index contributed by atoms with van der Waals surface area (Å²) in [7, 11) is 1.90. The zero-order chi connectivity index (χ0) is 16.1. The second-order valence-electron chi connectivity index (χ2n) is 6.37. The van der Waals surface area contributed by atoms with Gasteiger partial charge >= 0.3 is 0 Å². The molecule has 1 aromatic rings. The molecule has 2 heterocycles. The topological polar surface area (TPSA) is 50.8 Å². The van der Waals surface area contributed by atoms with Crippen LogP contribution in [-0.2, 0) is 4.74 Å². The highest BCUT2D eigenvalue weighted by molar-refractivity contribution is 5.94. The van der Waals surface area contributed by atoms with Crippen molar-refractivity contribution >= 4 is 5.91 Å². The second kappa shape index (κ2) is 7.79. The molecular weight excluding hydrogens is 292 g/mol. The van der Waals surface area contributed by atoms with Crippen molar-refractivity contribution in [2.24, 2.45) is 0 Å². The monoisotopic (exact) mass is 318 g/mol. The molecule has 2 saturated heterocycles. The number of piperidine rings is 1. The van der Waals surface area contributed by atoms with E-state index in [0.29, 0.717) is 12.6 Å². The van der Waals surface area contributed by atoms with Crippen LogP contribution in [0.2, 0.25) is 0 Å². The Morgan fingerprint density at radius 3 is 2.65 bits per heavy atom. The van der Waals surface area contributed by atoms with E-state index >= 15 is 0 Å². The fourth-order valence-corrected chi connectivity index (χ4v) is 3.22. The number of benzene rings is 1. The molecule has 5 nitrogen and oxygen atoms in total. The van der Waals surface area contributed by atoms with Gasteiger partial charge in [0.2, 0.25) is 0 Å². The number of amides is 1. The lowest BCUT2D eigenvalue weighted by Gasteiger charge is -2.31. The lowest BCUT2D eigenvalue weighted by Crippen LogP contribution is -2.43. The van der Waals surface area contributed by atoms with Gasteiger partial charge in [-0.15, -0.1) is 0 Å². The largest absolute Gasteiger partial charge is 0.491 e. The molecule has 0 radical (unpaired) electrons. The van der Waals surface area contributed by atoms with Gasteiger partial charge < -0.3 is 19.7 Å². The van der Waals surface area contributed by atoms with Gasteiger partial charge in [-0.3, -0.25) is 4.79 Å². The average Bonchev–Trinajstić information content (AvgIpc) is 3.13. The molecule has 2 fully saturated rings. The summed E-state index contributed by atoms with van der Waals surface area (Å²) in [6.45, 7) is 3.39. The summed E-state index contributed by atoms with van der Waals surface area (Å²) in [4.78, 5) is 14.4. The van der Waals surface area contributed by atoms with E-state index in [1.807, 2.05) is 36.2 Å². The summed E-state index contributed by atoms with van der Waals surface area (Å²) < 4.78 is 11.3. The minimum Gasteiger partial charge on any atom is -0.491 e. The Bertz CT molecular complexity index is 506. The Morgan fingerprint density at radius 2 is 2.00 bits per heavy atom. The van der Waals surface area contributed by atoms with E-state index in [2.05, 4.69) is 5.32 Å². The summed E-state index contributed by atoms with van der Waals surface area (Å²) in [5.74, 6) is 0.879. The Balaban J connectivity index is 1.54. The molecule has 0 spiro atoms. The molecule has 2 aliphatic rings. The molecule has 23 heavy (non-hydrogen) atoms. The zero-order valence-electron chi connectivity index (χ0n) is 13.8.